The molecule has 0 bridgehead atoms. The maximum atomic E-state index is 13.2. The number of carboxylic acid groups (broad SMARTS) is 1. The predicted octanol–water partition coefficient (Wildman–Crippen LogP) is 3.68. The number of nitrogens with one attached hydrogen (secondary N) is 1. The maximum absolute atomic E-state index is 13.2. The summed E-state index contributed by atoms with van der Waals surface area (Å²) in [6, 6.07) is 9.51. The number of carbonyl (C=O) groups is 1. The molecule has 3 rings (SSSR count). The Morgan fingerprint density at radius 1 is 1.33 bits per heavy atom. The lowest BCUT2D eigenvalue weighted by atomic mass is 10.3. The van der Waals surface area contributed by atoms with Crippen LogP contribution in [0, 0.1) is 5.82 Å². The summed E-state index contributed by atoms with van der Waals surface area (Å²) in [7, 11) is 0. The van der Waals surface area contributed by atoms with Gasteiger partial charge in [0, 0.05) is 11.9 Å². The molecular formula is C14H9BrFN3O2. The van der Waals surface area contributed by atoms with Crippen LogP contribution in [0.3, 0.4) is 0 Å². The van der Waals surface area contributed by atoms with Gasteiger partial charge in [-0.1, -0.05) is 6.07 Å². The fourth-order valence-corrected chi connectivity index (χ4v) is 2.38. The highest BCUT2D eigenvalue weighted by Gasteiger charge is 2.18. The van der Waals surface area contributed by atoms with Crippen molar-refractivity contribution in [3.05, 3.63) is 58.6 Å². The first-order chi connectivity index (χ1) is 10.1. The summed E-state index contributed by atoms with van der Waals surface area (Å²) in [6.07, 6.45) is 1.62. The quantitative estimate of drug-likeness (QED) is 0.756. The van der Waals surface area contributed by atoms with Crippen LogP contribution in [0.15, 0.2) is 47.1 Å². The van der Waals surface area contributed by atoms with Crippen LogP contribution in [0.5, 0.6) is 0 Å². The summed E-state index contributed by atoms with van der Waals surface area (Å²) in [6.45, 7) is 0. The van der Waals surface area contributed by atoms with E-state index in [1.807, 2.05) is 0 Å². The van der Waals surface area contributed by atoms with Gasteiger partial charge in [0.25, 0.3) is 0 Å². The zero-order valence-electron chi connectivity index (χ0n) is 10.5. The lowest BCUT2D eigenvalue weighted by Crippen LogP contribution is -2.05. The highest BCUT2D eigenvalue weighted by Crippen LogP contribution is 2.25. The Balaban J connectivity index is 2.09. The van der Waals surface area contributed by atoms with Crippen molar-refractivity contribution in [1.29, 1.82) is 0 Å². The van der Waals surface area contributed by atoms with Gasteiger partial charge in [-0.2, -0.15) is 0 Å². The normalized spacial score (nSPS) is 10.8. The summed E-state index contributed by atoms with van der Waals surface area (Å²) < 4.78 is 15.0. The number of aromatic carboxylic acids is 1. The second-order valence-electron chi connectivity index (χ2n) is 4.30. The van der Waals surface area contributed by atoms with Gasteiger partial charge in [0.2, 0.25) is 0 Å². The van der Waals surface area contributed by atoms with E-state index in [1.54, 1.807) is 24.4 Å². The van der Waals surface area contributed by atoms with Crippen LogP contribution in [0.4, 0.5) is 15.9 Å². The van der Waals surface area contributed by atoms with E-state index in [1.165, 1.54) is 22.6 Å². The first kappa shape index (κ1) is 13.6. The molecule has 1 aromatic carbocycles. The van der Waals surface area contributed by atoms with Gasteiger partial charge in [0.15, 0.2) is 11.5 Å². The lowest BCUT2D eigenvalue weighted by molar-refractivity contribution is 0.0690. The van der Waals surface area contributed by atoms with Crippen LogP contribution in [-0.4, -0.2) is 20.5 Å². The molecule has 3 aromatic rings. The summed E-state index contributed by atoms with van der Waals surface area (Å²) in [4.78, 5) is 15.7. The molecule has 0 fully saturated rings. The molecule has 0 aliphatic heterocycles. The molecule has 5 nitrogen and oxygen atoms in total. The minimum Gasteiger partial charge on any atom is -0.476 e. The topological polar surface area (TPSA) is 66.6 Å². The van der Waals surface area contributed by atoms with E-state index in [0.717, 1.165) is 0 Å². The molecule has 0 aliphatic rings. The Morgan fingerprint density at radius 3 is 2.86 bits per heavy atom. The summed E-state index contributed by atoms with van der Waals surface area (Å²) in [5, 5.41) is 12.3. The number of hydrogen-bond donors (Lipinski definition) is 2. The van der Waals surface area contributed by atoms with E-state index in [9.17, 15) is 14.3 Å². The predicted molar refractivity (Wildman–Crippen MR) is 79.5 cm³/mol. The lowest BCUT2D eigenvalue weighted by Gasteiger charge is -2.05. The molecule has 0 saturated carbocycles. The van der Waals surface area contributed by atoms with Gasteiger partial charge >= 0.3 is 5.97 Å². The molecule has 2 aromatic heterocycles. The smallest absolute Gasteiger partial charge is 0.356 e. The third-order valence-electron chi connectivity index (χ3n) is 2.91. The van der Waals surface area contributed by atoms with Crippen molar-refractivity contribution in [2.24, 2.45) is 0 Å². The van der Waals surface area contributed by atoms with E-state index in [0.29, 0.717) is 11.3 Å². The third kappa shape index (κ3) is 2.47. The van der Waals surface area contributed by atoms with Crippen molar-refractivity contribution in [1.82, 2.24) is 9.38 Å². The van der Waals surface area contributed by atoms with Gasteiger partial charge in [-0.15, -0.1) is 0 Å². The van der Waals surface area contributed by atoms with Crippen molar-refractivity contribution >= 4 is 39.1 Å². The van der Waals surface area contributed by atoms with E-state index in [-0.39, 0.29) is 16.0 Å². The summed E-state index contributed by atoms with van der Waals surface area (Å²) in [5.74, 6) is -1.29. The molecule has 0 spiro atoms. The largest absolute Gasteiger partial charge is 0.476 e. The number of rotatable bonds is 3. The number of nitrogens with zero attached hydrogens (tertiary/aromatic N) is 2. The van der Waals surface area contributed by atoms with Crippen LogP contribution < -0.4 is 5.32 Å². The molecule has 7 heteroatoms. The van der Waals surface area contributed by atoms with E-state index < -0.39 is 11.8 Å². The van der Waals surface area contributed by atoms with Crippen molar-refractivity contribution in [3.63, 3.8) is 0 Å². The molecule has 0 amide bonds. The SMILES string of the molecule is O=C(O)c1c(Nc2ccc(F)c(Br)c2)nc2ccccn12. The highest BCUT2D eigenvalue weighted by atomic mass is 79.9. The Kier molecular flexibility index (Phi) is 3.34. The molecule has 0 saturated heterocycles. The van der Waals surface area contributed by atoms with Crippen molar-refractivity contribution in [2.75, 3.05) is 5.32 Å². The Morgan fingerprint density at radius 2 is 2.14 bits per heavy atom. The van der Waals surface area contributed by atoms with E-state index >= 15 is 0 Å². The Bertz CT molecular complexity index is 847. The molecule has 0 unspecified atom stereocenters. The number of pyridine rings is 1. The van der Waals surface area contributed by atoms with Gasteiger partial charge < -0.3 is 10.4 Å². The van der Waals surface area contributed by atoms with E-state index in [2.05, 4.69) is 26.2 Å². The molecule has 0 radical (unpaired) electrons. The minimum absolute atomic E-state index is 0.0195. The number of anilines is 2. The molecule has 106 valence electrons. The number of fused-ring (bicyclic) bond motifs is 1. The van der Waals surface area contributed by atoms with Crippen LogP contribution in [0.25, 0.3) is 5.65 Å². The number of carboxylic acids is 1. The molecule has 0 aliphatic carbocycles. The third-order valence-corrected chi connectivity index (χ3v) is 3.52. The maximum Gasteiger partial charge on any atom is 0.356 e. The van der Waals surface area contributed by atoms with Gasteiger partial charge in [0.05, 0.1) is 4.47 Å². The van der Waals surface area contributed by atoms with Gasteiger partial charge in [0.1, 0.15) is 11.5 Å². The summed E-state index contributed by atoms with van der Waals surface area (Å²) in [5.41, 5.74) is 1.07. The summed E-state index contributed by atoms with van der Waals surface area (Å²) >= 11 is 3.08. The van der Waals surface area contributed by atoms with Crippen LogP contribution in [0.2, 0.25) is 0 Å². The second-order valence-corrected chi connectivity index (χ2v) is 5.15. The fourth-order valence-electron chi connectivity index (χ4n) is 2.00. The zero-order chi connectivity index (χ0) is 15.0. The molecule has 2 N–H and O–H groups in total. The van der Waals surface area contributed by atoms with Crippen molar-refractivity contribution in [3.8, 4) is 0 Å². The zero-order valence-corrected chi connectivity index (χ0v) is 12.1. The van der Waals surface area contributed by atoms with Crippen molar-refractivity contribution in [2.45, 2.75) is 0 Å². The average Bonchev–Trinajstić information content (AvgIpc) is 2.80. The average molecular weight is 350 g/mol. The van der Waals surface area contributed by atoms with Crippen LogP contribution in [-0.2, 0) is 0 Å². The first-order valence-electron chi connectivity index (χ1n) is 5.99. The molecular weight excluding hydrogens is 341 g/mol. The van der Waals surface area contributed by atoms with Gasteiger partial charge in [-0.25, -0.2) is 14.2 Å². The molecule has 21 heavy (non-hydrogen) atoms. The molecule has 0 atom stereocenters. The fraction of sp³-hybridized carbons (Fsp3) is 0. The van der Waals surface area contributed by atoms with Gasteiger partial charge in [-0.3, -0.25) is 4.40 Å². The molecule has 2 heterocycles. The number of halogens is 2. The van der Waals surface area contributed by atoms with E-state index in [4.69, 9.17) is 0 Å². The second kappa shape index (κ2) is 5.17. The minimum atomic E-state index is -1.10. The van der Waals surface area contributed by atoms with Crippen LogP contribution in [0.1, 0.15) is 10.5 Å². The number of aromatic nitrogens is 2. The number of benzene rings is 1. The highest BCUT2D eigenvalue weighted by molar-refractivity contribution is 9.10. The standard InChI is InChI=1S/C14H9BrFN3O2/c15-9-7-8(4-5-10(9)16)17-13-12(14(20)21)19-6-2-1-3-11(19)18-13/h1-7,17H,(H,20,21). The Labute approximate surface area is 127 Å². The Hall–Kier alpha value is -2.41. The number of imidazole rings is 1. The monoisotopic (exact) mass is 349 g/mol. The van der Waals surface area contributed by atoms with Gasteiger partial charge in [-0.05, 0) is 46.3 Å². The van der Waals surface area contributed by atoms with Crippen LogP contribution >= 0.6 is 15.9 Å². The number of hydrogen-bond acceptors (Lipinski definition) is 3. The van der Waals surface area contributed by atoms with Crippen molar-refractivity contribution < 1.29 is 14.3 Å². The first-order valence-corrected chi connectivity index (χ1v) is 6.78.